The van der Waals surface area contributed by atoms with Gasteiger partial charge in [-0.3, -0.25) is 19.2 Å². The molecule has 72 valence electrons. The maximum absolute atomic E-state index is 10.6. The maximum Gasteiger partial charge on any atom is 0.341 e. The fourth-order valence-electron chi connectivity index (χ4n) is 0.349. The monoisotopic (exact) mass is 208 g/mol. The van der Waals surface area contributed by atoms with Gasteiger partial charge in [-0.2, -0.15) is 0 Å². The molecule has 8 nitrogen and oxygen atoms in total. The summed E-state index contributed by atoms with van der Waals surface area (Å²) < 4.78 is 21.2. The van der Waals surface area contributed by atoms with Crippen LogP contribution in [0, 0.1) is 0 Å². The summed E-state index contributed by atoms with van der Waals surface area (Å²) >= 11 is 0. The Kier molecular flexibility index (Phi) is 2.86. The van der Waals surface area contributed by atoms with E-state index in [9.17, 15) is 27.6 Å². The van der Waals surface area contributed by atoms with Gasteiger partial charge in [0.2, 0.25) is 0 Å². The van der Waals surface area contributed by atoms with Crippen molar-refractivity contribution in [1.29, 1.82) is 0 Å². The molecule has 0 bridgehead atoms. The lowest BCUT2D eigenvalue weighted by Crippen LogP contribution is -2.40. The van der Waals surface area contributed by atoms with E-state index in [1.54, 1.807) is 0 Å². The van der Waals surface area contributed by atoms with Crippen molar-refractivity contribution in [1.82, 2.24) is 0 Å². The van der Waals surface area contributed by atoms with Crippen LogP contribution in [-0.4, -0.2) is 30.5 Å². The zero-order valence-corrected chi connectivity index (χ0v) is 6.83. The maximum atomic E-state index is 10.6. The SMILES string of the molecule is NC(=O)C(=O)S(=O)(=O)C(=O)C(N)=O. The van der Waals surface area contributed by atoms with Crippen molar-refractivity contribution >= 4 is 31.9 Å². The highest BCUT2D eigenvalue weighted by atomic mass is 32.2. The Balaban J connectivity index is 5.25. The van der Waals surface area contributed by atoms with Crippen molar-refractivity contribution in [3.05, 3.63) is 0 Å². The number of carbonyl (C=O) groups is 4. The molecule has 0 radical (unpaired) electrons. The molecule has 0 aliphatic heterocycles. The predicted molar refractivity (Wildman–Crippen MR) is 37.3 cm³/mol. The van der Waals surface area contributed by atoms with Crippen molar-refractivity contribution in [3.8, 4) is 0 Å². The van der Waals surface area contributed by atoms with Crippen LogP contribution in [0.15, 0.2) is 0 Å². The molecule has 4 N–H and O–H groups in total. The number of rotatable bonds is 0. The molecule has 0 aromatic carbocycles. The zero-order chi connectivity index (χ0) is 10.8. The molecule has 0 saturated heterocycles. The molecule has 0 spiro atoms. The summed E-state index contributed by atoms with van der Waals surface area (Å²) in [7, 11) is -5.16. The average molecular weight is 208 g/mol. The van der Waals surface area contributed by atoms with Crippen molar-refractivity contribution in [2.75, 3.05) is 0 Å². The third-order valence-electron chi connectivity index (χ3n) is 0.891. The number of nitrogens with two attached hydrogens (primary N) is 2. The number of sulfone groups is 1. The predicted octanol–water partition coefficient (Wildman–Crippen LogP) is -3.58. The minimum Gasteiger partial charge on any atom is -0.362 e. The first-order valence-corrected chi connectivity index (χ1v) is 4.12. The summed E-state index contributed by atoms with van der Waals surface area (Å²) in [4.78, 5) is 41.0. The highest BCUT2D eigenvalue weighted by Gasteiger charge is 2.38. The first-order chi connectivity index (χ1) is 5.71. The largest absolute Gasteiger partial charge is 0.362 e. The molecule has 13 heavy (non-hydrogen) atoms. The summed E-state index contributed by atoms with van der Waals surface area (Å²) in [6.45, 7) is 0. The second-order valence-electron chi connectivity index (χ2n) is 1.81. The summed E-state index contributed by atoms with van der Waals surface area (Å²) in [6, 6.07) is 0. The Labute approximate surface area is 71.8 Å². The van der Waals surface area contributed by atoms with Crippen LogP contribution in [0.25, 0.3) is 0 Å². The molecule has 0 atom stereocenters. The van der Waals surface area contributed by atoms with Crippen LogP contribution >= 0.6 is 0 Å². The Hall–Kier alpha value is -1.77. The van der Waals surface area contributed by atoms with Gasteiger partial charge in [-0.15, -0.1) is 0 Å². The van der Waals surface area contributed by atoms with Gasteiger partial charge in [0.25, 0.3) is 9.84 Å². The Bertz CT molecular complexity index is 361. The second kappa shape index (κ2) is 3.31. The number of hydrogen-bond donors (Lipinski definition) is 2. The van der Waals surface area contributed by atoms with Gasteiger partial charge in [0, 0.05) is 0 Å². The Morgan fingerprint density at radius 1 is 0.769 bits per heavy atom. The molecule has 0 rings (SSSR count). The molecular formula is C4H4N2O6S. The van der Waals surface area contributed by atoms with Crippen LogP contribution < -0.4 is 11.5 Å². The van der Waals surface area contributed by atoms with Gasteiger partial charge in [-0.05, 0) is 0 Å². The van der Waals surface area contributed by atoms with Crippen LogP contribution in [0.4, 0.5) is 0 Å². The van der Waals surface area contributed by atoms with E-state index in [1.807, 2.05) is 0 Å². The zero-order valence-electron chi connectivity index (χ0n) is 6.01. The topological polar surface area (TPSA) is 154 Å². The van der Waals surface area contributed by atoms with E-state index in [0.29, 0.717) is 0 Å². The van der Waals surface area contributed by atoms with E-state index in [4.69, 9.17) is 0 Å². The van der Waals surface area contributed by atoms with E-state index < -0.39 is 31.9 Å². The van der Waals surface area contributed by atoms with Gasteiger partial charge in [-0.25, -0.2) is 8.42 Å². The lowest BCUT2D eigenvalue weighted by atomic mass is 10.7. The molecule has 0 aliphatic carbocycles. The molecule has 0 saturated carbocycles. The van der Waals surface area contributed by atoms with Gasteiger partial charge in [0.15, 0.2) is 0 Å². The van der Waals surface area contributed by atoms with E-state index in [-0.39, 0.29) is 0 Å². The number of primary amides is 2. The van der Waals surface area contributed by atoms with E-state index >= 15 is 0 Å². The summed E-state index contributed by atoms with van der Waals surface area (Å²) in [5.74, 6) is -3.70. The summed E-state index contributed by atoms with van der Waals surface area (Å²) in [5.41, 5.74) is 8.58. The smallest absolute Gasteiger partial charge is 0.341 e. The van der Waals surface area contributed by atoms with Crippen LogP contribution in [-0.2, 0) is 29.0 Å². The molecule has 0 unspecified atom stereocenters. The number of carbonyl (C=O) groups excluding carboxylic acids is 4. The highest BCUT2D eigenvalue weighted by molar-refractivity contribution is 8.21. The Morgan fingerprint density at radius 3 is 1.15 bits per heavy atom. The number of hydrogen-bond acceptors (Lipinski definition) is 6. The number of amides is 2. The summed E-state index contributed by atoms with van der Waals surface area (Å²) in [6.07, 6.45) is 0. The second-order valence-corrected chi connectivity index (χ2v) is 3.56. The van der Waals surface area contributed by atoms with Gasteiger partial charge in [0.05, 0.1) is 0 Å². The molecule has 9 heteroatoms. The van der Waals surface area contributed by atoms with Gasteiger partial charge in [0.1, 0.15) is 0 Å². The Morgan fingerprint density at radius 2 is 1.00 bits per heavy atom. The molecule has 0 aliphatic rings. The van der Waals surface area contributed by atoms with Crippen LogP contribution in [0.3, 0.4) is 0 Å². The minimum absolute atomic E-state index is 1.85. The third-order valence-corrected chi connectivity index (χ3v) is 2.27. The van der Waals surface area contributed by atoms with Gasteiger partial charge in [-0.1, -0.05) is 0 Å². The molecule has 0 heterocycles. The van der Waals surface area contributed by atoms with Crippen LogP contribution in [0.2, 0.25) is 0 Å². The van der Waals surface area contributed by atoms with Crippen molar-refractivity contribution < 1.29 is 27.6 Å². The summed E-state index contributed by atoms with van der Waals surface area (Å²) in [5, 5.41) is -4.31. The first kappa shape index (κ1) is 11.2. The van der Waals surface area contributed by atoms with Crippen molar-refractivity contribution in [3.63, 3.8) is 0 Å². The fourth-order valence-corrected chi connectivity index (χ4v) is 1.05. The molecule has 0 aromatic rings. The molecule has 0 aromatic heterocycles. The third kappa shape index (κ3) is 2.08. The highest BCUT2D eigenvalue weighted by Crippen LogP contribution is 1.93. The normalized spacial score (nSPS) is 10.5. The molecular weight excluding hydrogens is 204 g/mol. The lowest BCUT2D eigenvalue weighted by Gasteiger charge is -1.94. The van der Waals surface area contributed by atoms with Crippen molar-refractivity contribution in [2.45, 2.75) is 0 Å². The fraction of sp³-hybridized carbons (Fsp3) is 0. The lowest BCUT2D eigenvalue weighted by molar-refractivity contribution is -0.133. The van der Waals surface area contributed by atoms with Gasteiger partial charge >= 0.3 is 22.0 Å². The van der Waals surface area contributed by atoms with Crippen LogP contribution in [0.5, 0.6) is 0 Å². The average Bonchev–Trinajstić information content (AvgIpc) is 2.01. The van der Waals surface area contributed by atoms with E-state index in [1.165, 1.54) is 0 Å². The molecule has 0 fully saturated rings. The first-order valence-electron chi connectivity index (χ1n) is 2.64. The standard InChI is InChI=1S/C4H4N2O6S/c5-1(7)3(9)13(11,12)4(10)2(6)8/h(H2,5,7)(H2,6,8). The van der Waals surface area contributed by atoms with E-state index in [2.05, 4.69) is 11.5 Å². The van der Waals surface area contributed by atoms with Crippen molar-refractivity contribution in [2.24, 2.45) is 11.5 Å². The van der Waals surface area contributed by atoms with Gasteiger partial charge < -0.3 is 11.5 Å². The van der Waals surface area contributed by atoms with E-state index in [0.717, 1.165) is 0 Å². The quantitative estimate of drug-likeness (QED) is 0.392. The van der Waals surface area contributed by atoms with Crippen LogP contribution in [0.1, 0.15) is 0 Å². The minimum atomic E-state index is -5.16. The molecule has 2 amide bonds.